The van der Waals surface area contributed by atoms with Gasteiger partial charge in [-0.25, -0.2) is 4.98 Å². The molecule has 9 heteroatoms. The number of rotatable bonds is 6. The molecular weight excluding hydrogens is 450 g/mol. The Labute approximate surface area is 192 Å². The van der Waals surface area contributed by atoms with Crippen LogP contribution >= 0.6 is 11.6 Å². The predicted octanol–water partition coefficient (Wildman–Crippen LogP) is 5.23. The van der Waals surface area contributed by atoms with E-state index in [0.29, 0.717) is 22.5 Å². The number of aryl methyl sites for hydroxylation is 2. The second-order valence-corrected chi connectivity index (χ2v) is 11.3. The summed E-state index contributed by atoms with van der Waals surface area (Å²) in [6, 6.07) is 11.7. The Bertz CT molecular complexity index is 1250. The Balaban J connectivity index is 2.03. The van der Waals surface area contributed by atoms with E-state index in [4.69, 9.17) is 16.3 Å². The normalized spacial score (nSPS) is 12.5. The number of nitrogens with zero attached hydrogens (tertiary/aromatic N) is 1. The van der Waals surface area contributed by atoms with E-state index in [1.165, 1.54) is 31.7 Å². The summed E-state index contributed by atoms with van der Waals surface area (Å²) in [4.78, 5) is 16.8. The minimum atomic E-state index is -4.63. The molecule has 0 unspecified atom stereocenters. The Morgan fingerprint density at radius 3 is 2.41 bits per heavy atom. The molecule has 3 N–H and O–H groups in total. The zero-order valence-corrected chi connectivity index (χ0v) is 20.1. The van der Waals surface area contributed by atoms with Crippen LogP contribution in [0.1, 0.15) is 27.0 Å². The number of aromatic nitrogens is 1. The van der Waals surface area contributed by atoms with Crippen molar-refractivity contribution in [1.29, 1.82) is 0 Å². The van der Waals surface area contributed by atoms with Gasteiger partial charge in [0, 0.05) is 23.7 Å². The maximum atomic E-state index is 13.9. The molecule has 0 aliphatic rings. The van der Waals surface area contributed by atoms with Gasteiger partial charge in [-0.05, 0) is 61.7 Å². The number of hydrogen-bond acceptors (Lipinski definition) is 4. The first kappa shape index (κ1) is 23.7. The molecule has 0 aliphatic carbocycles. The first-order valence-corrected chi connectivity index (χ1v) is 12.5. The topological polar surface area (TPSA) is 101 Å². The molecule has 3 rings (SSSR count). The van der Waals surface area contributed by atoms with Crippen molar-refractivity contribution in [2.75, 3.05) is 23.4 Å². The fourth-order valence-corrected chi connectivity index (χ4v) is 5.46. The highest BCUT2D eigenvalue weighted by Crippen LogP contribution is 2.40. The van der Waals surface area contributed by atoms with Crippen molar-refractivity contribution < 1.29 is 18.3 Å². The van der Waals surface area contributed by atoms with Crippen molar-refractivity contribution in [1.82, 2.24) is 4.98 Å². The van der Waals surface area contributed by atoms with Gasteiger partial charge in [0.05, 0.1) is 12.8 Å². The lowest BCUT2D eigenvalue weighted by molar-refractivity contribution is 0.102. The minimum Gasteiger partial charge on any atom is -0.495 e. The van der Waals surface area contributed by atoms with Crippen molar-refractivity contribution in [3.8, 4) is 5.75 Å². The van der Waals surface area contributed by atoms with Gasteiger partial charge >= 0.3 is 0 Å². The van der Waals surface area contributed by atoms with Crippen LogP contribution in [0.2, 0.25) is 5.15 Å². The van der Waals surface area contributed by atoms with E-state index in [-0.39, 0.29) is 15.8 Å². The average molecular weight is 476 g/mol. The summed E-state index contributed by atoms with van der Waals surface area (Å²) in [5, 5.41) is 2.99. The van der Waals surface area contributed by atoms with Crippen molar-refractivity contribution in [3.05, 3.63) is 76.1 Å². The van der Waals surface area contributed by atoms with Crippen LogP contribution < -0.4 is 14.8 Å². The van der Waals surface area contributed by atoms with E-state index in [1.807, 2.05) is 32.0 Å². The van der Waals surface area contributed by atoms with Crippen LogP contribution in [0.5, 0.6) is 5.75 Å². The van der Waals surface area contributed by atoms with Gasteiger partial charge in [0.15, 0.2) is 0 Å². The van der Waals surface area contributed by atoms with Crippen LogP contribution in [0.25, 0.3) is 0 Å². The second kappa shape index (κ2) is 8.54. The summed E-state index contributed by atoms with van der Waals surface area (Å²) < 4.78 is 33.4. The maximum absolute atomic E-state index is 13.9. The first-order valence-electron chi connectivity index (χ1n) is 9.76. The van der Waals surface area contributed by atoms with Crippen LogP contribution in [0.15, 0.2) is 53.6 Å². The Hall–Kier alpha value is -2.94. The first-order chi connectivity index (χ1) is 14.9. The molecule has 0 radical (unpaired) electrons. The third kappa shape index (κ3) is 4.77. The molecule has 1 aromatic heterocycles. The van der Waals surface area contributed by atoms with E-state index in [0.717, 1.165) is 11.1 Å². The maximum Gasteiger partial charge on any atom is 0.256 e. The molecule has 32 heavy (non-hydrogen) atoms. The lowest BCUT2D eigenvalue weighted by atomic mass is 10.1. The third-order valence-electron chi connectivity index (χ3n) is 5.15. The number of carbonyl (C=O) groups is 1. The highest BCUT2D eigenvalue weighted by atomic mass is 35.5. The SMILES string of the molecule is COc1ccc(NC(=O)c2ccnc(Cl)c2C)cc1S(C)(=O)(O)Nc1c(C)cccc1C. The van der Waals surface area contributed by atoms with E-state index < -0.39 is 15.4 Å². The number of carbonyl (C=O) groups excluding carboxylic acids is 1. The van der Waals surface area contributed by atoms with Crippen LogP contribution in [0, 0.1) is 20.8 Å². The summed E-state index contributed by atoms with van der Waals surface area (Å²) >= 11 is 6.02. The highest BCUT2D eigenvalue weighted by molar-refractivity contribution is 8.15. The van der Waals surface area contributed by atoms with Crippen molar-refractivity contribution in [3.63, 3.8) is 0 Å². The number of nitrogens with one attached hydrogen (secondary N) is 2. The standard InChI is InChI=1S/C23H26ClN3O4S/c1-14-7-6-8-15(2)21(14)27-32(5,29,30)20-13-17(9-10-19(20)31-4)26-23(28)18-11-12-25-22(24)16(18)3/h6-13H,1-5H3,(H,26,28)(H2,27,29,30). The molecule has 3 aromatic rings. The molecular formula is C23H26ClN3O4S. The molecule has 7 nitrogen and oxygen atoms in total. The zero-order valence-electron chi connectivity index (χ0n) is 18.5. The van der Waals surface area contributed by atoms with Crippen molar-refractivity contribution >= 4 is 38.4 Å². The number of hydrogen-bond donors (Lipinski definition) is 3. The lowest BCUT2D eigenvalue weighted by Crippen LogP contribution is -2.40. The van der Waals surface area contributed by atoms with Gasteiger partial charge in [0.1, 0.15) is 15.8 Å². The molecule has 0 saturated carbocycles. The van der Waals surface area contributed by atoms with Gasteiger partial charge in [0.2, 0.25) is 0 Å². The van der Waals surface area contributed by atoms with E-state index in [1.54, 1.807) is 19.1 Å². The van der Waals surface area contributed by atoms with Crippen molar-refractivity contribution in [2.24, 2.45) is 0 Å². The molecule has 2 aromatic carbocycles. The summed E-state index contributed by atoms with van der Waals surface area (Å²) in [6.45, 7) is 5.41. The van der Waals surface area contributed by atoms with Gasteiger partial charge in [-0.15, -0.1) is 9.53 Å². The third-order valence-corrected chi connectivity index (χ3v) is 7.57. The number of pyridine rings is 1. The molecule has 1 heterocycles. The monoisotopic (exact) mass is 475 g/mol. The smallest absolute Gasteiger partial charge is 0.256 e. The molecule has 0 fully saturated rings. The Morgan fingerprint density at radius 1 is 1.12 bits per heavy atom. The van der Waals surface area contributed by atoms with Gasteiger partial charge in [-0.3, -0.25) is 14.1 Å². The Morgan fingerprint density at radius 2 is 1.78 bits per heavy atom. The van der Waals surface area contributed by atoms with Crippen LogP contribution in [0.3, 0.4) is 0 Å². The molecule has 0 spiro atoms. The van der Waals surface area contributed by atoms with Gasteiger partial charge < -0.3 is 10.1 Å². The molecule has 1 amide bonds. The fraction of sp³-hybridized carbons (Fsp3) is 0.217. The number of ether oxygens (including phenoxy) is 1. The minimum absolute atomic E-state index is 0.0226. The van der Waals surface area contributed by atoms with Crippen LogP contribution in [-0.4, -0.2) is 33.0 Å². The van der Waals surface area contributed by atoms with E-state index in [9.17, 15) is 13.6 Å². The second-order valence-electron chi connectivity index (χ2n) is 7.75. The summed E-state index contributed by atoms with van der Waals surface area (Å²) in [5.41, 5.74) is 3.44. The van der Waals surface area contributed by atoms with E-state index in [2.05, 4.69) is 15.0 Å². The summed E-state index contributed by atoms with van der Waals surface area (Å²) in [7, 11) is -3.22. The van der Waals surface area contributed by atoms with Crippen LogP contribution in [-0.2, 0) is 9.53 Å². The molecule has 170 valence electrons. The van der Waals surface area contributed by atoms with Crippen LogP contribution in [0.4, 0.5) is 11.4 Å². The zero-order chi connectivity index (χ0) is 23.7. The van der Waals surface area contributed by atoms with Crippen molar-refractivity contribution in [2.45, 2.75) is 25.7 Å². The summed E-state index contributed by atoms with van der Waals surface area (Å²) in [6.07, 6.45) is 2.67. The van der Waals surface area contributed by atoms with E-state index >= 15 is 0 Å². The number of halogens is 1. The molecule has 0 saturated heterocycles. The summed E-state index contributed by atoms with van der Waals surface area (Å²) in [5.74, 6) is -0.199. The average Bonchev–Trinajstić information content (AvgIpc) is 2.72. The van der Waals surface area contributed by atoms with Gasteiger partial charge in [0.25, 0.3) is 5.91 Å². The molecule has 0 aliphatic heterocycles. The largest absolute Gasteiger partial charge is 0.495 e. The number of benzene rings is 2. The number of anilines is 2. The quantitative estimate of drug-likeness (QED) is 0.424. The number of methoxy groups -OCH3 is 1. The highest BCUT2D eigenvalue weighted by Gasteiger charge is 2.30. The fourth-order valence-electron chi connectivity index (χ4n) is 3.36. The lowest BCUT2D eigenvalue weighted by Gasteiger charge is -2.42. The molecule has 0 bridgehead atoms. The number of para-hydroxylation sites is 1. The molecule has 0 atom stereocenters. The van der Waals surface area contributed by atoms with Gasteiger partial charge in [-0.1, -0.05) is 29.8 Å². The Kier molecular flexibility index (Phi) is 6.33. The number of amides is 1. The van der Waals surface area contributed by atoms with Gasteiger partial charge in [-0.2, -0.15) is 4.21 Å². The predicted molar refractivity (Wildman–Crippen MR) is 129 cm³/mol.